The van der Waals surface area contributed by atoms with Gasteiger partial charge in [0.05, 0.1) is 22.7 Å². The summed E-state index contributed by atoms with van der Waals surface area (Å²) in [7, 11) is 0. The van der Waals surface area contributed by atoms with Crippen molar-refractivity contribution in [3.05, 3.63) is 413 Å². The predicted molar refractivity (Wildman–Crippen MR) is 444 cm³/mol. The highest BCUT2D eigenvalue weighted by Gasteiger charge is 2.28. The molecule has 0 atom stereocenters. The van der Waals surface area contributed by atoms with Crippen LogP contribution in [0.5, 0.6) is 0 Å². The van der Waals surface area contributed by atoms with Crippen LogP contribution in [0.4, 0.5) is 68.2 Å². The maximum absolute atomic E-state index is 2.48. The summed E-state index contributed by atoms with van der Waals surface area (Å²) in [6, 6.07) is 151. The Bertz CT molecular complexity index is 5850. The van der Waals surface area contributed by atoms with Gasteiger partial charge in [0, 0.05) is 83.2 Å². The number of anilines is 12. The first-order valence-electron chi connectivity index (χ1n) is 35.7. The summed E-state index contributed by atoms with van der Waals surface area (Å²) in [5.41, 5.74) is 20.2. The monoisotopic (exact) mass is 1320 g/mol. The van der Waals surface area contributed by atoms with Gasteiger partial charge in [-0.25, -0.2) is 0 Å². The van der Waals surface area contributed by atoms with Gasteiger partial charge in [0.1, 0.15) is 0 Å². The first-order chi connectivity index (χ1) is 51.7. The number of hydrogen-bond acceptors (Lipinski definition) is 4. The highest BCUT2D eigenvalue weighted by Crippen LogP contribution is 2.54. The maximum Gasteiger partial charge on any atom is 0.0618 e. The molecule has 0 aliphatic heterocycles. The van der Waals surface area contributed by atoms with E-state index in [2.05, 4.69) is 432 Å². The van der Waals surface area contributed by atoms with Crippen LogP contribution in [0.1, 0.15) is 0 Å². The van der Waals surface area contributed by atoms with Gasteiger partial charge in [0.25, 0.3) is 0 Å². The molecule has 19 aromatic rings. The second kappa shape index (κ2) is 26.4. The molecule has 104 heavy (non-hydrogen) atoms. The lowest BCUT2D eigenvalue weighted by Crippen LogP contribution is -2.12. The fourth-order valence-corrected chi connectivity index (χ4v) is 16.3. The zero-order chi connectivity index (χ0) is 68.9. The van der Waals surface area contributed by atoms with Crippen LogP contribution in [-0.4, -0.2) is 0 Å². The van der Waals surface area contributed by atoms with Gasteiger partial charge in [-0.15, -0.1) is 0 Å². The molecule has 0 N–H and O–H groups in total. The Morgan fingerprint density at radius 1 is 0.125 bits per heavy atom. The maximum atomic E-state index is 2.48. The second-order valence-corrected chi connectivity index (χ2v) is 26.6. The summed E-state index contributed by atoms with van der Waals surface area (Å²) in [5, 5.41) is 16.4. The van der Waals surface area contributed by atoms with Crippen LogP contribution in [0.25, 0.3) is 109 Å². The number of nitrogens with zero attached hydrogens (tertiary/aromatic N) is 4. The number of hydrogen-bond donors (Lipinski definition) is 0. The molecule has 0 bridgehead atoms. The van der Waals surface area contributed by atoms with Crippen LogP contribution in [0, 0.1) is 0 Å². The Morgan fingerprint density at radius 2 is 0.327 bits per heavy atom. The van der Waals surface area contributed by atoms with Crippen LogP contribution in [-0.2, 0) is 0 Å². The van der Waals surface area contributed by atoms with E-state index < -0.39 is 0 Å². The summed E-state index contributed by atoms with van der Waals surface area (Å²) in [6.45, 7) is 0. The van der Waals surface area contributed by atoms with E-state index in [9.17, 15) is 0 Å². The van der Waals surface area contributed by atoms with E-state index in [1.165, 1.54) is 86.9 Å². The van der Waals surface area contributed by atoms with E-state index in [0.29, 0.717) is 0 Å². The number of fused-ring (bicyclic) bond motifs is 7. The third-order valence-corrected chi connectivity index (χ3v) is 20.7. The number of benzene rings is 19. The zero-order valence-corrected chi connectivity index (χ0v) is 57.0. The fourth-order valence-electron chi connectivity index (χ4n) is 16.3. The van der Waals surface area contributed by atoms with Crippen molar-refractivity contribution < 1.29 is 0 Å². The van der Waals surface area contributed by atoms with Crippen LogP contribution in [0.15, 0.2) is 413 Å². The molecule has 0 spiro atoms. The second-order valence-electron chi connectivity index (χ2n) is 26.6. The smallest absolute Gasteiger partial charge is 0.0618 e. The minimum atomic E-state index is 1.04. The molecule has 0 aliphatic carbocycles. The predicted octanol–water partition coefficient (Wildman–Crippen LogP) is 28.6. The molecule has 0 aromatic heterocycles. The minimum absolute atomic E-state index is 1.04. The molecule has 0 saturated carbocycles. The topological polar surface area (TPSA) is 13.0 Å². The molecule has 0 aliphatic rings. The third kappa shape index (κ3) is 10.5. The third-order valence-electron chi connectivity index (χ3n) is 20.7. The summed E-state index contributed by atoms with van der Waals surface area (Å²) >= 11 is 0. The van der Waals surface area contributed by atoms with E-state index in [1.54, 1.807) is 0 Å². The van der Waals surface area contributed by atoms with E-state index >= 15 is 0 Å². The molecule has 19 aromatic carbocycles. The number of rotatable bonds is 15. The lowest BCUT2D eigenvalue weighted by atomic mass is 9.87. The van der Waals surface area contributed by atoms with Crippen molar-refractivity contribution in [1.29, 1.82) is 0 Å². The molecule has 0 unspecified atom stereocenters. The molecular weight excluding hydrogens is 1260 g/mol. The van der Waals surface area contributed by atoms with E-state index in [0.717, 1.165) is 90.1 Å². The van der Waals surface area contributed by atoms with Crippen molar-refractivity contribution in [1.82, 2.24) is 0 Å². The van der Waals surface area contributed by atoms with Crippen molar-refractivity contribution in [2.45, 2.75) is 0 Å². The molecule has 0 heterocycles. The summed E-state index contributed by atoms with van der Waals surface area (Å²) < 4.78 is 0. The highest BCUT2D eigenvalue weighted by atomic mass is 15.2. The van der Waals surface area contributed by atoms with Crippen LogP contribution in [0.2, 0.25) is 0 Å². The van der Waals surface area contributed by atoms with Crippen molar-refractivity contribution in [3.8, 4) is 33.4 Å². The number of para-hydroxylation sites is 6. The standard InChI is InChI=1S/C100H68N4/c1-7-33-71(34-8-1)102(72-35-9-2-10-36-72)98-88-53-27-21-47-81(88)95(82-48-22-28-54-89(82)98)69-59-63-77(64-60-69)101(78-65-61-70(62-66-78)96-83-49-23-29-55-90(83)99(91-56-30-24-50-84(91)96)103(73-37-11-3-12-38-73)74-39-13-4-14-40-74)94-68-67-87(79-45-19-20-46-80(79)94)97-85-51-25-31-57-92(85)100(93-58-32-26-52-86(93)97)104(75-41-15-5-16-42-75)76-43-17-6-18-44-76/h1-68H. The van der Waals surface area contributed by atoms with E-state index in [1.807, 2.05) is 0 Å². The Balaban J connectivity index is 0.809. The molecule has 4 nitrogen and oxygen atoms in total. The largest absolute Gasteiger partial charge is 0.310 e. The Labute approximate surface area is 605 Å². The molecule has 0 saturated heterocycles. The van der Waals surface area contributed by atoms with E-state index in [4.69, 9.17) is 0 Å². The van der Waals surface area contributed by atoms with Gasteiger partial charge in [-0.05, 0) is 174 Å². The summed E-state index contributed by atoms with van der Waals surface area (Å²) in [6.07, 6.45) is 0. The summed E-state index contributed by atoms with van der Waals surface area (Å²) in [5.74, 6) is 0. The van der Waals surface area contributed by atoms with Crippen LogP contribution in [0.3, 0.4) is 0 Å². The van der Waals surface area contributed by atoms with Crippen molar-refractivity contribution in [3.63, 3.8) is 0 Å². The van der Waals surface area contributed by atoms with Gasteiger partial charge in [0.15, 0.2) is 0 Å². The normalized spacial score (nSPS) is 11.5. The van der Waals surface area contributed by atoms with Crippen LogP contribution < -0.4 is 19.6 Å². The van der Waals surface area contributed by atoms with Crippen molar-refractivity contribution >= 4 is 144 Å². The Kier molecular flexibility index (Phi) is 15.5. The van der Waals surface area contributed by atoms with Gasteiger partial charge >= 0.3 is 0 Å². The van der Waals surface area contributed by atoms with Gasteiger partial charge in [0.2, 0.25) is 0 Å². The van der Waals surface area contributed by atoms with Gasteiger partial charge in [-0.2, -0.15) is 0 Å². The first kappa shape index (κ1) is 61.3. The van der Waals surface area contributed by atoms with Crippen LogP contribution >= 0.6 is 0 Å². The molecular formula is C100H68N4. The average molecular weight is 1330 g/mol. The summed E-state index contributed by atoms with van der Waals surface area (Å²) in [4.78, 5) is 9.76. The zero-order valence-electron chi connectivity index (χ0n) is 57.0. The molecule has 0 fully saturated rings. The lowest BCUT2D eigenvalue weighted by molar-refractivity contribution is 1.30. The quantitative estimate of drug-likeness (QED) is 0.0949. The van der Waals surface area contributed by atoms with E-state index in [-0.39, 0.29) is 0 Å². The van der Waals surface area contributed by atoms with Gasteiger partial charge in [-0.1, -0.05) is 309 Å². The van der Waals surface area contributed by atoms with Crippen molar-refractivity contribution in [2.75, 3.05) is 19.6 Å². The fraction of sp³-hybridized carbons (Fsp3) is 0. The Hall–Kier alpha value is -13.8. The first-order valence-corrected chi connectivity index (χ1v) is 35.7. The molecule has 0 radical (unpaired) electrons. The molecule has 19 rings (SSSR count). The Morgan fingerprint density at radius 3 is 0.587 bits per heavy atom. The lowest BCUT2D eigenvalue weighted by Gasteiger charge is -2.30. The SMILES string of the molecule is c1ccc(N(c2ccccc2)c2c3ccccc3c(-c3ccc(N(c4ccc(-c5c6ccccc6c(N(c6ccccc6)c6ccccc6)c6ccccc56)cc4)c4ccc(-c5c6ccccc6c(N(c6ccccc6)c6ccccc6)c6ccccc56)c5ccccc45)cc3)c3ccccc23)cc1. The average Bonchev–Trinajstić information content (AvgIpc) is 0.803. The van der Waals surface area contributed by atoms with Crippen molar-refractivity contribution in [2.24, 2.45) is 0 Å². The highest BCUT2D eigenvalue weighted by molar-refractivity contribution is 6.27. The molecule has 0 amide bonds. The van der Waals surface area contributed by atoms with Gasteiger partial charge in [-0.3, -0.25) is 0 Å². The van der Waals surface area contributed by atoms with Gasteiger partial charge < -0.3 is 19.6 Å². The molecule has 4 heteroatoms. The molecule has 488 valence electrons. The minimum Gasteiger partial charge on any atom is -0.310 e.